The zero-order valence-corrected chi connectivity index (χ0v) is 18.5. The number of methoxy groups -OCH3 is 1. The summed E-state index contributed by atoms with van der Waals surface area (Å²) >= 11 is 0. The van der Waals surface area contributed by atoms with Gasteiger partial charge >= 0.3 is 0 Å². The predicted octanol–water partition coefficient (Wildman–Crippen LogP) is 0.675. The fourth-order valence-electron chi connectivity index (χ4n) is 3.16. The molecule has 3 heterocycles. The number of nitrogens with two attached hydrogens (primary N) is 2. The van der Waals surface area contributed by atoms with Crippen LogP contribution >= 0.6 is 7.60 Å². The summed E-state index contributed by atoms with van der Waals surface area (Å²) in [7, 11) is -2.72. The van der Waals surface area contributed by atoms with Crippen LogP contribution in [0.5, 0.6) is 0 Å². The zero-order chi connectivity index (χ0) is 22.2. The molecule has 0 radical (unpaired) electrons. The van der Waals surface area contributed by atoms with Crippen molar-refractivity contribution in [2.45, 2.75) is 64.0 Å². The highest BCUT2D eigenvalue weighted by Gasteiger charge is 2.49. The maximum absolute atomic E-state index is 12.5. The van der Waals surface area contributed by atoms with Crippen LogP contribution in [0, 0.1) is 0 Å². The summed E-state index contributed by atoms with van der Waals surface area (Å²) in [6, 6.07) is 0. The van der Waals surface area contributed by atoms with Crippen molar-refractivity contribution in [3.05, 3.63) is 6.33 Å². The Morgan fingerprint density at radius 1 is 1.27 bits per heavy atom. The number of nitrogen functional groups attached to an aromatic ring is 2. The minimum Gasteiger partial charge on any atom is -0.778 e. The first-order valence-corrected chi connectivity index (χ1v) is 11.2. The van der Waals surface area contributed by atoms with E-state index in [4.69, 9.17) is 30.2 Å². The van der Waals surface area contributed by atoms with Crippen molar-refractivity contribution in [2.24, 2.45) is 0 Å². The molecular weight excluding hydrogens is 415 g/mol. The average Bonchev–Trinajstić information content (AvgIpc) is 3.20. The van der Waals surface area contributed by atoms with Gasteiger partial charge in [0.2, 0.25) is 5.95 Å². The number of fused-ring (bicyclic) bond motifs is 1. The lowest BCUT2D eigenvalue weighted by molar-refractivity contribution is -0.209. The Bertz CT molecular complexity index is 937. The van der Waals surface area contributed by atoms with Crippen LogP contribution in [0.2, 0.25) is 0 Å². The molecule has 1 aliphatic rings. The minimum atomic E-state index is -4.17. The van der Waals surface area contributed by atoms with Gasteiger partial charge < -0.3 is 39.7 Å². The van der Waals surface area contributed by atoms with Gasteiger partial charge in [0, 0.05) is 12.8 Å². The van der Waals surface area contributed by atoms with E-state index in [0.29, 0.717) is 11.2 Å². The van der Waals surface area contributed by atoms with Crippen LogP contribution in [0.4, 0.5) is 11.8 Å². The lowest BCUT2D eigenvalue weighted by atomic mass is 10.1. The van der Waals surface area contributed by atoms with Gasteiger partial charge in [-0.3, -0.25) is 4.57 Å². The molecule has 0 bridgehead atoms. The molecule has 12 nitrogen and oxygen atoms in total. The highest BCUT2D eigenvalue weighted by atomic mass is 31.2. The molecule has 0 spiro atoms. The molecule has 0 amide bonds. The van der Waals surface area contributed by atoms with Crippen LogP contribution in [0.1, 0.15) is 33.9 Å². The van der Waals surface area contributed by atoms with E-state index < -0.39 is 37.8 Å². The summed E-state index contributed by atoms with van der Waals surface area (Å²) in [5.74, 6) is 0.102. The Morgan fingerprint density at radius 2 is 1.97 bits per heavy atom. The Balaban J connectivity index is 2.00. The molecule has 30 heavy (non-hydrogen) atoms. The second kappa shape index (κ2) is 8.74. The van der Waals surface area contributed by atoms with Crippen LogP contribution in [0.3, 0.4) is 0 Å². The first kappa shape index (κ1) is 22.9. The summed E-state index contributed by atoms with van der Waals surface area (Å²) in [5, 5.41) is 0. The highest BCUT2D eigenvalue weighted by Crippen LogP contribution is 2.48. The van der Waals surface area contributed by atoms with Crippen molar-refractivity contribution in [1.29, 1.82) is 0 Å². The SMILES string of the molecule is COC1[C@@H](OP(=O)([O-])C(C)C)[C@@H](COC(C)C)O[C@H]1n1cnc2c(N)nc(N)nc21. The van der Waals surface area contributed by atoms with Gasteiger partial charge in [0.05, 0.1) is 19.0 Å². The second-order valence-corrected chi connectivity index (χ2v) is 9.97. The van der Waals surface area contributed by atoms with Crippen molar-refractivity contribution in [3.63, 3.8) is 0 Å². The standard InChI is InChI=1S/C17H29N6O6P/c1-8(2)27-6-10-12(29-30(24,25)9(3)4)13(26-5)16(28-10)23-7-20-11-14(18)21-17(19)22-15(11)23/h7-10,12-13,16H,6H2,1-5H3,(H,24,25)(H4,18,19,21,22)/p-1/t10-,12+,13?,16-/m1/s1. The fourth-order valence-corrected chi connectivity index (χ4v) is 4.00. The van der Waals surface area contributed by atoms with Crippen molar-refractivity contribution >= 4 is 30.5 Å². The van der Waals surface area contributed by atoms with E-state index in [0.717, 1.165) is 0 Å². The Kier molecular flexibility index (Phi) is 6.66. The van der Waals surface area contributed by atoms with Gasteiger partial charge in [-0.15, -0.1) is 0 Å². The third-order valence-corrected chi connectivity index (χ3v) is 6.59. The number of imidazole rings is 1. The topological polar surface area (TPSA) is 173 Å². The van der Waals surface area contributed by atoms with Crippen molar-refractivity contribution < 1.29 is 28.2 Å². The van der Waals surface area contributed by atoms with Gasteiger partial charge in [-0.1, -0.05) is 13.8 Å². The van der Waals surface area contributed by atoms with Crippen molar-refractivity contribution in [2.75, 3.05) is 25.2 Å². The maximum atomic E-state index is 12.5. The largest absolute Gasteiger partial charge is 0.778 e. The van der Waals surface area contributed by atoms with E-state index >= 15 is 0 Å². The van der Waals surface area contributed by atoms with Crippen LogP contribution in [0.25, 0.3) is 11.2 Å². The quantitative estimate of drug-likeness (QED) is 0.549. The summed E-state index contributed by atoms with van der Waals surface area (Å²) < 4.78 is 37.1. The lowest BCUT2D eigenvalue weighted by Crippen LogP contribution is -2.39. The van der Waals surface area contributed by atoms with E-state index in [2.05, 4.69) is 15.0 Å². The van der Waals surface area contributed by atoms with Gasteiger partial charge in [-0.25, -0.2) is 4.98 Å². The van der Waals surface area contributed by atoms with Crippen LogP contribution in [-0.2, 0) is 23.3 Å². The third kappa shape index (κ3) is 4.43. The molecule has 168 valence electrons. The molecule has 2 aromatic heterocycles. The normalized spacial score (nSPS) is 26.7. The molecule has 3 rings (SSSR count). The zero-order valence-electron chi connectivity index (χ0n) is 17.6. The summed E-state index contributed by atoms with van der Waals surface area (Å²) in [5.41, 5.74) is 11.6. The molecule has 1 aliphatic heterocycles. The number of nitrogens with zero attached hydrogens (tertiary/aromatic N) is 4. The van der Waals surface area contributed by atoms with Crippen molar-refractivity contribution in [3.8, 4) is 0 Å². The average molecular weight is 443 g/mol. The number of anilines is 2. The molecule has 1 fully saturated rings. The van der Waals surface area contributed by atoms with E-state index in [9.17, 15) is 9.46 Å². The molecule has 2 aromatic rings. The number of hydrogen-bond acceptors (Lipinski definition) is 11. The van der Waals surface area contributed by atoms with Gasteiger partial charge in [-0.2, -0.15) is 9.97 Å². The van der Waals surface area contributed by atoms with Gasteiger partial charge in [0.25, 0.3) is 0 Å². The second-order valence-electron chi connectivity index (χ2n) is 7.64. The number of aromatic nitrogens is 4. The molecule has 5 atom stereocenters. The molecule has 0 aliphatic carbocycles. The summed E-state index contributed by atoms with van der Waals surface area (Å²) in [6.45, 7) is 6.95. The molecule has 0 aromatic carbocycles. The number of hydrogen-bond donors (Lipinski definition) is 2. The number of ether oxygens (including phenoxy) is 3. The highest BCUT2D eigenvalue weighted by molar-refractivity contribution is 7.52. The number of rotatable bonds is 8. The third-order valence-electron chi connectivity index (χ3n) is 4.79. The molecule has 2 unspecified atom stereocenters. The van der Waals surface area contributed by atoms with Crippen molar-refractivity contribution in [1.82, 2.24) is 19.5 Å². The molecule has 0 saturated carbocycles. The van der Waals surface area contributed by atoms with Crippen LogP contribution < -0.4 is 16.4 Å². The molecule has 13 heteroatoms. The summed E-state index contributed by atoms with van der Waals surface area (Å²) in [4.78, 5) is 24.8. The Labute approximate surface area is 174 Å². The van der Waals surface area contributed by atoms with Crippen LogP contribution in [-0.4, -0.2) is 63.3 Å². The fraction of sp³-hybridized carbons (Fsp3) is 0.706. The minimum absolute atomic E-state index is 0.0231. The smallest absolute Gasteiger partial charge is 0.224 e. The Morgan fingerprint density at radius 3 is 2.57 bits per heavy atom. The monoisotopic (exact) mass is 443 g/mol. The first-order valence-electron chi connectivity index (χ1n) is 9.59. The van der Waals surface area contributed by atoms with E-state index in [-0.39, 0.29) is 24.5 Å². The maximum Gasteiger partial charge on any atom is 0.224 e. The van der Waals surface area contributed by atoms with Crippen LogP contribution in [0.15, 0.2) is 6.33 Å². The van der Waals surface area contributed by atoms with E-state index in [1.165, 1.54) is 13.4 Å². The Hall–Kier alpha value is -1.82. The molecule has 4 N–H and O–H groups in total. The molecular formula is C17H28N6O6P-. The lowest BCUT2D eigenvalue weighted by Gasteiger charge is -2.33. The van der Waals surface area contributed by atoms with Gasteiger partial charge in [0.15, 0.2) is 17.7 Å². The first-order chi connectivity index (χ1) is 14.0. The summed E-state index contributed by atoms with van der Waals surface area (Å²) in [6.07, 6.45) is -1.85. The van der Waals surface area contributed by atoms with E-state index in [1.54, 1.807) is 18.4 Å². The van der Waals surface area contributed by atoms with Gasteiger partial charge in [-0.05, 0) is 13.8 Å². The predicted molar refractivity (Wildman–Crippen MR) is 108 cm³/mol. The van der Waals surface area contributed by atoms with E-state index in [1.807, 2.05) is 13.8 Å². The molecule has 1 saturated heterocycles. The van der Waals surface area contributed by atoms with Gasteiger partial charge in [0.1, 0.15) is 31.4 Å².